The Balaban J connectivity index is 2.17. The zero-order valence-electron chi connectivity index (χ0n) is 15.5. The van der Waals surface area contributed by atoms with Gasteiger partial charge in [-0.1, -0.05) is 13.8 Å². The summed E-state index contributed by atoms with van der Waals surface area (Å²) in [5.41, 5.74) is 6.05. The van der Waals surface area contributed by atoms with E-state index < -0.39 is 5.69 Å². The first-order valence-electron chi connectivity index (χ1n) is 8.99. The molecule has 2 aromatic rings. The summed E-state index contributed by atoms with van der Waals surface area (Å²) >= 11 is 1.67. The van der Waals surface area contributed by atoms with E-state index in [0.29, 0.717) is 25.3 Å². The number of nitrogens with zero attached hydrogens (tertiary/aromatic N) is 1. The molecule has 0 unspecified atom stereocenters. The molecule has 0 saturated carbocycles. The SMILES string of the molecule is Cc1ccc([C@H](c2c(N)n(CC(C)C)c(=O)[nH]c2=O)[NH+]2CCOCC2)s1. The van der Waals surface area contributed by atoms with Gasteiger partial charge in [-0.2, -0.15) is 0 Å². The van der Waals surface area contributed by atoms with Crippen LogP contribution in [-0.2, 0) is 11.3 Å². The smallest absolute Gasteiger partial charge is 0.329 e. The number of rotatable bonds is 5. The van der Waals surface area contributed by atoms with Crippen molar-refractivity contribution in [1.29, 1.82) is 0 Å². The van der Waals surface area contributed by atoms with Crippen LogP contribution in [0.1, 0.15) is 35.2 Å². The van der Waals surface area contributed by atoms with Crippen LogP contribution in [0, 0.1) is 12.8 Å². The Morgan fingerprint density at radius 3 is 2.58 bits per heavy atom. The highest BCUT2D eigenvalue weighted by Crippen LogP contribution is 2.27. The molecule has 0 aromatic carbocycles. The van der Waals surface area contributed by atoms with E-state index >= 15 is 0 Å². The molecule has 4 N–H and O–H groups in total. The van der Waals surface area contributed by atoms with Crippen molar-refractivity contribution in [1.82, 2.24) is 9.55 Å². The summed E-state index contributed by atoms with van der Waals surface area (Å²) in [5.74, 6) is 0.523. The molecule has 1 aliphatic rings. The normalized spacial score (nSPS) is 16.9. The highest BCUT2D eigenvalue weighted by Gasteiger charge is 2.34. The molecule has 142 valence electrons. The van der Waals surface area contributed by atoms with Crippen molar-refractivity contribution >= 4 is 17.2 Å². The molecule has 0 radical (unpaired) electrons. The number of ether oxygens (including phenoxy) is 1. The number of aromatic amines is 1. The summed E-state index contributed by atoms with van der Waals surface area (Å²) < 4.78 is 6.99. The van der Waals surface area contributed by atoms with Crippen molar-refractivity contribution in [2.75, 3.05) is 32.0 Å². The van der Waals surface area contributed by atoms with Crippen LogP contribution in [0.15, 0.2) is 21.7 Å². The lowest BCUT2D eigenvalue weighted by atomic mass is 10.0. The Kier molecular flexibility index (Phi) is 5.64. The monoisotopic (exact) mass is 379 g/mol. The number of quaternary nitrogens is 1. The van der Waals surface area contributed by atoms with Gasteiger partial charge in [-0.25, -0.2) is 4.79 Å². The minimum Gasteiger partial charge on any atom is -0.384 e. The van der Waals surface area contributed by atoms with Crippen LogP contribution in [0.4, 0.5) is 5.82 Å². The predicted octanol–water partition coefficient (Wildman–Crippen LogP) is 0.149. The maximum absolute atomic E-state index is 12.8. The number of aromatic nitrogens is 2. The van der Waals surface area contributed by atoms with Gasteiger partial charge >= 0.3 is 5.69 Å². The predicted molar refractivity (Wildman–Crippen MR) is 103 cm³/mol. The second kappa shape index (κ2) is 7.77. The molecule has 1 aliphatic heterocycles. The Labute approximate surface area is 156 Å². The number of nitrogen functional groups attached to an aromatic ring is 1. The van der Waals surface area contributed by atoms with Crippen LogP contribution in [0.5, 0.6) is 0 Å². The molecule has 0 bridgehead atoms. The Morgan fingerprint density at radius 1 is 1.31 bits per heavy atom. The third-order valence-electron chi connectivity index (χ3n) is 4.70. The van der Waals surface area contributed by atoms with Crippen LogP contribution in [0.3, 0.4) is 0 Å². The molecule has 3 heterocycles. The molecule has 1 saturated heterocycles. The summed E-state index contributed by atoms with van der Waals surface area (Å²) in [6.07, 6.45) is 0. The van der Waals surface area contributed by atoms with Gasteiger partial charge in [0.1, 0.15) is 24.5 Å². The molecule has 3 rings (SSSR count). The van der Waals surface area contributed by atoms with Gasteiger partial charge < -0.3 is 15.4 Å². The number of aryl methyl sites for hydroxylation is 1. The standard InChI is InChI=1S/C18H26N4O3S/c1-11(2)10-22-16(19)14(17(23)20-18(22)24)15(13-5-4-12(3)26-13)21-6-8-25-9-7-21/h4-5,11,15H,6-10,19H2,1-3H3,(H,20,23,24)/p+1/t15-/m1/s1. The lowest BCUT2D eigenvalue weighted by Gasteiger charge is -2.31. The number of nitrogens with one attached hydrogen (secondary N) is 2. The highest BCUT2D eigenvalue weighted by molar-refractivity contribution is 7.12. The van der Waals surface area contributed by atoms with E-state index in [0.717, 1.165) is 18.0 Å². The van der Waals surface area contributed by atoms with Crippen molar-refractivity contribution in [3.63, 3.8) is 0 Å². The molecular weight excluding hydrogens is 352 g/mol. The van der Waals surface area contributed by atoms with Crippen molar-refractivity contribution in [3.8, 4) is 0 Å². The summed E-state index contributed by atoms with van der Waals surface area (Å²) in [4.78, 5) is 31.1. The number of H-pyrrole nitrogens is 1. The zero-order chi connectivity index (χ0) is 18.8. The average molecular weight is 380 g/mol. The third kappa shape index (κ3) is 3.77. The molecule has 8 heteroatoms. The van der Waals surface area contributed by atoms with Gasteiger partial charge in [0.15, 0.2) is 6.04 Å². The average Bonchev–Trinajstić information content (AvgIpc) is 3.02. The number of anilines is 1. The highest BCUT2D eigenvalue weighted by atomic mass is 32.1. The molecule has 26 heavy (non-hydrogen) atoms. The van der Waals surface area contributed by atoms with Gasteiger partial charge in [-0.05, 0) is 25.0 Å². The summed E-state index contributed by atoms with van der Waals surface area (Å²) in [6, 6.07) is 3.92. The largest absolute Gasteiger partial charge is 0.384 e. The fraction of sp³-hybridized carbons (Fsp3) is 0.556. The van der Waals surface area contributed by atoms with Crippen LogP contribution >= 0.6 is 11.3 Å². The lowest BCUT2D eigenvalue weighted by Crippen LogP contribution is -3.14. The van der Waals surface area contributed by atoms with Crippen LogP contribution in [-0.4, -0.2) is 35.9 Å². The number of hydrogen-bond donors (Lipinski definition) is 3. The summed E-state index contributed by atoms with van der Waals surface area (Å²) in [6.45, 7) is 9.46. The Morgan fingerprint density at radius 2 is 2.00 bits per heavy atom. The third-order valence-corrected chi connectivity index (χ3v) is 5.77. The fourth-order valence-electron chi connectivity index (χ4n) is 3.51. The molecule has 1 fully saturated rings. The maximum Gasteiger partial charge on any atom is 0.329 e. The van der Waals surface area contributed by atoms with Crippen molar-refractivity contribution in [2.24, 2.45) is 5.92 Å². The maximum atomic E-state index is 12.8. The molecule has 0 spiro atoms. The van der Waals surface area contributed by atoms with Gasteiger partial charge in [0, 0.05) is 11.4 Å². The van der Waals surface area contributed by atoms with Gasteiger partial charge in [-0.15, -0.1) is 11.3 Å². The lowest BCUT2D eigenvalue weighted by molar-refractivity contribution is -0.932. The van der Waals surface area contributed by atoms with E-state index in [1.54, 1.807) is 11.3 Å². The molecule has 1 atom stereocenters. The Bertz CT molecular complexity index is 877. The van der Waals surface area contributed by atoms with Gasteiger partial charge in [0.2, 0.25) is 0 Å². The van der Waals surface area contributed by atoms with Crippen LogP contribution in [0.2, 0.25) is 0 Å². The van der Waals surface area contributed by atoms with E-state index in [9.17, 15) is 9.59 Å². The van der Waals surface area contributed by atoms with E-state index in [2.05, 4.69) is 17.1 Å². The number of hydrogen-bond acceptors (Lipinski definition) is 5. The summed E-state index contributed by atoms with van der Waals surface area (Å²) in [7, 11) is 0. The summed E-state index contributed by atoms with van der Waals surface area (Å²) in [5, 5.41) is 0. The molecular formula is C18H27N4O3S+. The van der Waals surface area contributed by atoms with E-state index in [1.165, 1.54) is 14.3 Å². The number of morpholine rings is 1. The van der Waals surface area contributed by atoms with Gasteiger partial charge in [0.05, 0.1) is 18.1 Å². The minimum absolute atomic E-state index is 0.194. The van der Waals surface area contributed by atoms with Crippen molar-refractivity contribution in [3.05, 3.63) is 48.3 Å². The second-order valence-corrected chi connectivity index (χ2v) is 8.53. The van der Waals surface area contributed by atoms with Crippen LogP contribution in [0.25, 0.3) is 0 Å². The first kappa shape index (κ1) is 18.9. The first-order chi connectivity index (χ1) is 12.4. The van der Waals surface area contributed by atoms with E-state index in [-0.39, 0.29) is 23.3 Å². The topological polar surface area (TPSA) is 94.5 Å². The van der Waals surface area contributed by atoms with E-state index in [4.69, 9.17) is 10.5 Å². The van der Waals surface area contributed by atoms with Crippen LogP contribution < -0.4 is 21.9 Å². The second-order valence-electron chi connectivity index (χ2n) is 7.21. The van der Waals surface area contributed by atoms with E-state index in [1.807, 2.05) is 20.8 Å². The Hall–Kier alpha value is -1.90. The van der Waals surface area contributed by atoms with Gasteiger partial charge in [-0.3, -0.25) is 14.3 Å². The van der Waals surface area contributed by atoms with Crippen molar-refractivity contribution < 1.29 is 9.64 Å². The quantitative estimate of drug-likeness (QED) is 0.689. The minimum atomic E-state index is -0.442. The fourth-order valence-corrected chi connectivity index (χ4v) is 4.55. The molecule has 0 amide bonds. The zero-order valence-corrected chi connectivity index (χ0v) is 16.3. The van der Waals surface area contributed by atoms with Gasteiger partial charge in [0.25, 0.3) is 5.56 Å². The van der Waals surface area contributed by atoms with Crippen molar-refractivity contribution in [2.45, 2.75) is 33.4 Å². The molecule has 0 aliphatic carbocycles. The first-order valence-corrected chi connectivity index (χ1v) is 9.81. The molecule has 2 aromatic heterocycles. The number of nitrogens with two attached hydrogens (primary N) is 1. The molecule has 7 nitrogen and oxygen atoms in total. The number of thiophene rings is 1.